The largest absolute Gasteiger partial charge is 0.444 e. The quantitative estimate of drug-likeness (QED) is 0.867. The second-order valence-electron chi connectivity index (χ2n) is 7.47. The Hall–Kier alpha value is -2.48. The molecular formula is C18H26N4O4. The van der Waals surface area contributed by atoms with Crippen molar-refractivity contribution in [3.8, 4) is 11.4 Å². The summed E-state index contributed by atoms with van der Waals surface area (Å²) < 4.78 is 16.0. The van der Waals surface area contributed by atoms with Gasteiger partial charge in [-0.15, -0.1) is 0 Å². The summed E-state index contributed by atoms with van der Waals surface area (Å²) in [6.07, 6.45) is 1.13. The summed E-state index contributed by atoms with van der Waals surface area (Å²) in [6, 6.07) is 3.16. The van der Waals surface area contributed by atoms with E-state index in [9.17, 15) is 4.79 Å². The number of carbonyl (C=O) groups excluding carboxylic acids is 1. The predicted molar refractivity (Wildman–Crippen MR) is 95.3 cm³/mol. The topological polar surface area (TPSA) is 99.4 Å². The molecule has 0 radical (unpaired) electrons. The Morgan fingerprint density at radius 3 is 2.58 bits per heavy atom. The third-order valence-electron chi connectivity index (χ3n) is 3.69. The molecule has 0 spiro atoms. The molecule has 0 aromatic carbocycles. The number of rotatable bonds is 5. The van der Waals surface area contributed by atoms with Gasteiger partial charge in [-0.1, -0.05) is 5.16 Å². The van der Waals surface area contributed by atoms with Gasteiger partial charge in [0.2, 0.25) is 11.7 Å². The van der Waals surface area contributed by atoms with Crippen LogP contribution >= 0.6 is 0 Å². The van der Waals surface area contributed by atoms with Gasteiger partial charge in [-0.05, 0) is 53.7 Å². The molecule has 0 aliphatic rings. The van der Waals surface area contributed by atoms with Crippen molar-refractivity contribution in [3.05, 3.63) is 29.9 Å². The van der Waals surface area contributed by atoms with Gasteiger partial charge in [0.15, 0.2) is 0 Å². The first-order valence-corrected chi connectivity index (χ1v) is 8.37. The van der Waals surface area contributed by atoms with Gasteiger partial charge in [-0.25, -0.2) is 4.79 Å². The Balaban J connectivity index is 2.15. The number of ether oxygens (including phenoxy) is 2. The summed E-state index contributed by atoms with van der Waals surface area (Å²) in [5.41, 5.74) is 0.392. The number of methoxy groups -OCH3 is 1. The molecule has 8 heteroatoms. The van der Waals surface area contributed by atoms with Crippen molar-refractivity contribution in [2.75, 3.05) is 7.11 Å². The molecule has 1 amide bonds. The predicted octanol–water partition coefficient (Wildman–Crippen LogP) is 3.60. The van der Waals surface area contributed by atoms with Gasteiger partial charge < -0.3 is 19.3 Å². The van der Waals surface area contributed by atoms with E-state index in [0.717, 1.165) is 11.3 Å². The lowest BCUT2D eigenvalue weighted by molar-refractivity contribution is 0.0155. The van der Waals surface area contributed by atoms with Crippen LogP contribution < -0.4 is 5.32 Å². The molecule has 26 heavy (non-hydrogen) atoms. The van der Waals surface area contributed by atoms with E-state index < -0.39 is 23.3 Å². The summed E-state index contributed by atoms with van der Waals surface area (Å²) in [5, 5.41) is 6.66. The molecule has 0 fully saturated rings. The Morgan fingerprint density at radius 2 is 1.96 bits per heavy atom. The van der Waals surface area contributed by atoms with Crippen molar-refractivity contribution in [2.24, 2.45) is 0 Å². The van der Waals surface area contributed by atoms with Gasteiger partial charge in [0.05, 0.1) is 5.69 Å². The molecule has 0 aliphatic heterocycles. The van der Waals surface area contributed by atoms with Gasteiger partial charge in [-0.2, -0.15) is 4.98 Å². The van der Waals surface area contributed by atoms with E-state index in [4.69, 9.17) is 14.0 Å². The molecular weight excluding hydrogens is 336 g/mol. The zero-order chi connectivity index (χ0) is 19.5. The summed E-state index contributed by atoms with van der Waals surface area (Å²) >= 11 is 0. The summed E-state index contributed by atoms with van der Waals surface area (Å²) in [5.74, 6) is 0.698. The smallest absolute Gasteiger partial charge is 0.408 e. The molecule has 2 heterocycles. The standard InChI is InChI=1S/C18H26N4O4/c1-11(20-16(23)25-17(2,3)4)15-21-14(22-26-15)12-8-9-19-13(10-12)18(5,6)24-7/h8-11H,1-7H3,(H,20,23)/t11-/m0/s1. The van der Waals surface area contributed by atoms with Crippen molar-refractivity contribution in [3.63, 3.8) is 0 Å². The highest BCUT2D eigenvalue weighted by molar-refractivity contribution is 5.68. The lowest BCUT2D eigenvalue weighted by atomic mass is 10.0. The first-order chi connectivity index (χ1) is 12.0. The first kappa shape index (κ1) is 19.8. The molecule has 2 rings (SSSR count). The third-order valence-corrected chi connectivity index (χ3v) is 3.69. The minimum absolute atomic E-state index is 0.287. The van der Waals surface area contributed by atoms with Crippen molar-refractivity contribution in [1.29, 1.82) is 0 Å². The number of nitrogens with zero attached hydrogens (tertiary/aromatic N) is 3. The van der Waals surface area contributed by atoms with E-state index >= 15 is 0 Å². The highest BCUT2D eigenvalue weighted by Crippen LogP contribution is 2.26. The Bertz CT molecular complexity index is 765. The second-order valence-corrected chi connectivity index (χ2v) is 7.47. The van der Waals surface area contributed by atoms with Gasteiger partial charge in [0, 0.05) is 18.9 Å². The maximum atomic E-state index is 11.9. The fourth-order valence-electron chi connectivity index (χ4n) is 2.08. The number of nitrogens with one attached hydrogen (secondary N) is 1. The third kappa shape index (κ3) is 5.01. The number of pyridine rings is 1. The molecule has 0 saturated carbocycles. The fourth-order valence-corrected chi connectivity index (χ4v) is 2.08. The number of amides is 1. The molecule has 142 valence electrons. The van der Waals surface area contributed by atoms with E-state index in [2.05, 4.69) is 20.4 Å². The number of alkyl carbamates (subject to hydrolysis) is 1. The minimum Gasteiger partial charge on any atom is -0.444 e. The molecule has 1 N–H and O–H groups in total. The van der Waals surface area contributed by atoms with Crippen LogP contribution in [0.1, 0.15) is 59.2 Å². The van der Waals surface area contributed by atoms with Crippen molar-refractivity contribution >= 4 is 6.09 Å². The van der Waals surface area contributed by atoms with E-state index in [1.54, 1.807) is 47.1 Å². The van der Waals surface area contributed by atoms with Gasteiger partial charge >= 0.3 is 6.09 Å². The van der Waals surface area contributed by atoms with Crippen LogP contribution in [0.2, 0.25) is 0 Å². The van der Waals surface area contributed by atoms with E-state index in [1.807, 2.05) is 19.9 Å². The molecule has 8 nitrogen and oxygen atoms in total. The van der Waals surface area contributed by atoms with E-state index in [-0.39, 0.29) is 5.89 Å². The Kier molecular flexibility index (Phi) is 5.65. The minimum atomic E-state index is -0.578. The molecule has 0 aliphatic carbocycles. The van der Waals surface area contributed by atoms with Crippen LogP contribution in [0.3, 0.4) is 0 Å². The van der Waals surface area contributed by atoms with Crippen molar-refractivity contribution in [1.82, 2.24) is 20.4 Å². The number of hydrogen-bond acceptors (Lipinski definition) is 7. The maximum absolute atomic E-state index is 11.9. The van der Waals surface area contributed by atoms with Crippen LogP contribution in [0.15, 0.2) is 22.9 Å². The monoisotopic (exact) mass is 362 g/mol. The molecule has 1 atom stereocenters. The van der Waals surface area contributed by atoms with Crippen LogP contribution in [-0.4, -0.2) is 33.9 Å². The molecule has 0 unspecified atom stereocenters. The second kappa shape index (κ2) is 7.41. The Labute approximate surface area is 153 Å². The fraction of sp³-hybridized carbons (Fsp3) is 0.556. The zero-order valence-corrected chi connectivity index (χ0v) is 16.3. The van der Waals surface area contributed by atoms with Crippen molar-refractivity contribution < 1.29 is 18.8 Å². The summed E-state index contributed by atoms with van der Waals surface area (Å²) in [7, 11) is 1.63. The van der Waals surface area contributed by atoms with Crippen LogP contribution in [0.4, 0.5) is 4.79 Å². The number of hydrogen-bond donors (Lipinski definition) is 1. The van der Waals surface area contributed by atoms with Gasteiger partial charge in [0.25, 0.3) is 0 Å². The molecule has 0 saturated heterocycles. The van der Waals surface area contributed by atoms with Gasteiger partial charge in [0.1, 0.15) is 17.2 Å². The van der Waals surface area contributed by atoms with Crippen LogP contribution in [-0.2, 0) is 15.1 Å². The van der Waals surface area contributed by atoms with Crippen LogP contribution in [0.5, 0.6) is 0 Å². The average Bonchev–Trinajstić information content (AvgIpc) is 3.03. The normalized spacial score (nSPS) is 13.3. The summed E-state index contributed by atoms with van der Waals surface area (Å²) in [6.45, 7) is 11.0. The Morgan fingerprint density at radius 1 is 1.27 bits per heavy atom. The molecule has 0 bridgehead atoms. The summed E-state index contributed by atoms with van der Waals surface area (Å²) in [4.78, 5) is 20.6. The highest BCUT2D eigenvalue weighted by atomic mass is 16.6. The van der Waals surface area contributed by atoms with Crippen LogP contribution in [0, 0.1) is 0 Å². The van der Waals surface area contributed by atoms with Gasteiger partial charge in [-0.3, -0.25) is 4.98 Å². The lowest BCUT2D eigenvalue weighted by Gasteiger charge is -2.22. The van der Waals surface area contributed by atoms with Crippen LogP contribution in [0.25, 0.3) is 11.4 Å². The van der Waals surface area contributed by atoms with E-state index in [1.165, 1.54) is 0 Å². The highest BCUT2D eigenvalue weighted by Gasteiger charge is 2.24. The lowest BCUT2D eigenvalue weighted by Crippen LogP contribution is -2.34. The molecule has 2 aromatic heterocycles. The number of carbonyl (C=O) groups is 1. The molecule has 2 aromatic rings. The SMILES string of the molecule is COC(C)(C)c1cc(-c2noc([C@H](C)NC(=O)OC(C)(C)C)n2)ccn1. The zero-order valence-electron chi connectivity index (χ0n) is 16.3. The number of aromatic nitrogens is 3. The van der Waals surface area contributed by atoms with E-state index in [0.29, 0.717) is 5.82 Å². The average molecular weight is 362 g/mol. The maximum Gasteiger partial charge on any atom is 0.408 e. The first-order valence-electron chi connectivity index (χ1n) is 8.37. The van der Waals surface area contributed by atoms with Crippen molar-refractivity contribution in [2.45, 2.75) is 58.8 Å².